The lowest BCUT2D eigenvalue weighted by molar-refractivity contribution is 0.0738. The van der Waals surface area contributed by atoms with Crippen LogP contribution in [-0.4, -0.2) is 41.0 Å². The largest absolute Gasteiger partial charge is 0.368 e. The molecule has 1 saturated carbocycles. The van der Waals surface area contributed by atoms with Crippen LogP contribution < -0.4 is 11.1 Å². The number of rotatable bonds is 4. The van der Waals surface area contributed by atoms with Gasteiger partial charge in [0, 0.05) is 17.5 Å². The predicted octanol–water partition coefficient (Wildman–Crippen LogP) is 2.11. The molecule has 1 fully saturated rings. The van der Waals surface area contributed by atoms with E-state index in [4.69, 9.17) is 5.73 Å². The number of para-hydroxylation sites is 1. The van der Waals surface area contributed by atoms with Crippen LogP contribution in [0.3, 0.4) is 0 Å². The third-order valence-corrected chi connectivity index (χ3v) is 4.44. The second-order valence-corrected chi connectivity index (χ2v) is 5.77. The minimum atomic E-state index is 0.251. The third-order valence-electron chi connectivity index (χ3n) is 4.44. The highest BCUT2D eigenvalue weighted by molar-refractivity contribution is 5.89. The molecular formula is C15H21N5. The van der Waals surface area contributed by atoms with Crippen molar-refractivity contribution in [2.45, 2.75) is 24.8 Å². The third kappa shape index (κ3) is 2.18. The predicted molar refractivity (Wildman–Crippen MR) is 82.7 cm³/mol. The van der Waals surface area contributed by atoms with Crippen LogP contribution in [0.25, 0.3) is 10.9 Å². The topological polar surface area (TPSA) is 67.1 Å². The molecule has 1 aliphatic carbocycles. The monoisotopic (exact) mass is 271 g/mol. The van der Waals surface area contributed by atoms with E-state index in [9.17, 15) is 0 Å². The molecule has 0 radical (unpaired) electrons. The molecule has 1 aromatic heterocycles. The van der Waals surface area contributed by atoms with Crippen molar-refractivity contribution in [3.8, 4) is 0 Å². The van der Waals surface area contributed by atoms with E-state index in [1.807, 2.05) is 24.3 Å². The second-order valence-electron chi connectivity index (χ2n) is 5.77. The zero-order valence-electron chi connectivity index (χ0n) is 12.1. The summed E-state index contributed by atoms with van der Waals surface area (Å²) in [5.41, 5.74) is 6.93. The van der Waals surface area contributed by atoms with Gasteiger partial charge < -0.3 is 16.0 Å². The average Bonchev–Trinajstić information content (AvgIpc) is 2.36. The summed E-state index contributed by atoms with van der Waals surface area (Å²) in [6.07, 6.45) is 3.75. The highest BCUT2D eigenvalue weighted by Crippen LogP contribution is 2.36. The Morgan fingerprint density at radius 1 is 1.25 bits per heavy atom. The Morgan fingerprint density at radius 3 is 2.65 bits per heavy atom. The van der Waals surface area contributed by atoms with Crippen molar-refractivity contribution in [3.63, 3.8) is 0 Å². The molecule has 1 aromatic carbocycles. The Kier molecular flexibility index (Phi) is 3.22. The number of hydrogen-bond donors (Lipinski definition) is 2. The number of benzene rings is 1. The Labute approximate surface area is 119 Å². The van der Waals surface area contributed by atoms with E-state index in [1.165, 1.54) is 19.3 Å². The number of hydrogen-bond acceptors (Lipinski definition) is 5. The summed E-state index contributed by atoms with van der Waals surface area (Å²) in [5.74, 6) is 1.15. The molecule has 0 saturated heterocycles. The normalized spacial score (nSPS) is 17.1. The summed E-state index contributed by atoms with van der Waals surface area (Å²) in [4.78, 5) is 10.9. The molecule has 0 atom stereocenters. The van der Waals surface area contributed by atoms with Gasteiger partial charge in [0.2, 0.25) is 5.95 Å². The Morgan fingerprint density at radius 2 is 2.00 bits per heavy atom. The quantitative estimate of drug-likeness (QED) is 0.891. The maximum atomic E-state index is 5.80. The van der Waals surface area contributed by atoms with Gasteiger partial charge in [0.15, 0.2) is 0 Å². The van der Waals surface area contributed by atoms with Crippen LogP contribution in [0.5, 0.6) is 0 Å². The fraction of sp³-hybridized carbons (Fsp3) is 0.467. The highest BCUT2D eigenvalue weighted by Gasteiger charge is 2.38. The fourth-order valence-electron chi connectivity index (χ4n) is 2.84. The number of nitrogens with two attached hydrogens (primary N) is 1. The first-order valence-corrected chi connectivity index (χ1v) is 7.04. The van der Waals surface area contributed by atoms with Crippen molar-refractivity contribution >= 4 is 22.7 Å². The van der Waals surface area contributed by atoms with Crippen LogP contribution >= 0.6 is 0 Å². The van der Waals surface area contributed by atoms with Crippen molar-refractivity contribution in [1.82, 2.24) is 14.9 Å². The fourth-order valence-corrected chi connectivity index (χ4v) is 2.84. The van der Waals surface area contributed by atoms with Crippen LogP contribution in [0.15, 0.2) is 24.3 Å². The molecule has 0 spiro atoms. The number of anilines is 2. The number of nitrogens with zero attached hydrogens (tertiary/aromatic N) is 3. The van der Waals surface area contributed by atoms with E-state index in [1.54, 1.807) is 0 Å². The van der Waals surface area contributed by atoms with Crippen LogP contribution in [0.4, 0.5) is 11.8 Å². The van der Waals surface area contributed by atoms with E-state index in [0.717, 1.165) is 23.3 Å². The number of nitrogens with one attached hydrogen (secondary N) is 1. The molecule has 1 heterocycles. The SMILES string of the molecule is CN(C)C1(CNc2nc(N)nc3ccccc23)CCC1. The van der Waals surface area contributed by atoms with Gasteiger partial charge in [-0.2, -0.15) is 4.98 Å². The van der Waals surface area contributed by atoms with E-state index in [0.29, 0.717) is 5.95 Å². The van der Waals surface area contributed by atoms with Crippen LogP contribution in [0.2, 0.25) is 0 Å². The molecule has 0 amide bonds. The van der Waals surface area contributed by atoms with Crippen LogP contribution in [-0.2, 0) is 0 Å². The van der Waals surface area contributed by atoms with Crippen LogP contribution in [0, 0.1) is 0 Å². The Hall–Kier alpha value is -1.88. The summed E-state index contributed by atoms with van der Waals surface area (Å²) in [6, 6.07) is 7.95. The van der Waals surface area contributed by atoms with Crippen molar-refractivity contribution in [2.75, 3.05) is 31.7 Å². The first-order chi connectivity index (χ1) is 9.61. The molecule has 0 bridgehead atoms. The molecule has 106 valence electrons. The van der Waals surface area contributed by atoms with E-state index < -0.39 is 0 Å². The van der Waals surface area contributed by atoms with Gasteiger partial charge in [-0.05, 0) is 45.5 Å². The number of likely N-dealkylation sites (N-methyl/N-ethyl adjacent to an activating group) is 1. The molecule has 3 rings (SSSR count). The lowest BCUT2D eigenvalue weighted by Crippen LogP contribution is -2.54. The van der Waals surface area contributed by atoms with Gasteiger partial charge >= 0.3 is 0 Å². The Bertz CT molecular complexity index is 619. The molecule has 1 aliphatic rings. The van der Waals surface area contributed by atoms with Crippen molar-refractivity contribution in [2.24, 2.45) is 0 Å². The van der Waals surface area contributed by atoms with Gasteiger partial charge in [-0.1, -0.05) is 12.1 Å². The lowest BCUT2D eigenvalue weighted by atomic mass is 9.75. The van der Waals surface area contributed by atoms with E-state index in [-0.39, 0.29) is 5.54 Å². The summed E-state index contributed by atoms with van der Waals surface area (Å²) < 4.78 is 0. The van der Waals surface area contributed by atoms with Crippen molar-refractivity contribution in [1.29, 1.82) is 0 Å². The molecular weight excluding hydrogens is 250 g/mol. The lowest BCUT2D eigenvalue weighted by Gasteiger charge is -2.47. The van der Waals surface area contributed by atoms with Gasteiger partial charge in [-0.25, -0.2) is 4.98 Å². The summed E-state index contributed by atoms with van der Waals surface area (Å²) in [5, 5.41) is 4.50. The average molecular weight is 271 g/mol. The summed E-state index contributed by atoms with van der Waals surface area (Å²) >= 11 is 0. The molecule has 0 aliphatic heterocycles. The number of nitrogen functional groups attached to an aromatic ring is 1. The highest BCUT2D eigenvalue weighted by atomic mass is 15.2. The Balaban J connectivity index is 1.87. The van der Waals surface area contributed by atoms with Crippen molar-refractivity contribution < 1.29 is 0 Å². The molecule has 2 aromatic rings. The van der Waals surface area contributed by atoms with Gasteiger partial charge in [0.25, 0.3) is 0 Å². The summed E-state index contributed by atoms with van der Waals surface area (Å²) in [7, 11) is 4.29. The van der Waals surface area contributed by atoms with Gasteiger partial charge in [0.05, 0.1) is 5.52 Å². The first kappa shape index (κ1) is 13.1. The number of aromatic nitrogens is 2. The van der Waals surface area contributed by atoms with Gasteiger partial charge in [-0.15, -0.1) is 0 Å². The minimum absolute atomic E-state index is 0.251. The number of fused-ring (bicyclic) bond motifs is 1. The van der Waals surface area contributed by atoms with Crippen molar-refractivity contribution in [3.05, 3.63) is 24.3 Å². The first-order valence-electron chi connectivity index (χ1n) is 7.04. The second kappa shape index (κ2) is 4.90. The standard InChI is InChI=1S/C15H21N5/c1-20(2)15(8-5-9-15)10-17-13-11-6-3-4-7-12(11)18-14(16)19-13/h3-4,6-7H,5,8-10H2,1-2H3,(H3,16,17,18,19). The maximum absolute atomic E-state index is 5.80. The van der Waals surface area contributed by atoms with E-state index in [2.05, 4.69) is 34.3 Å². The zero-order chi connectivity index (χ0) is 14.2. The van der Waals surface area contributed by atoms with Gasteiger partial charge in [0.1, 0.15) is 5.82 Å². The summed E-state index contributed by atoms with van der Waals surface area (Å²) in [6.45, 7) is 0.889. The molecule has 5 nitrogen and oxygen atoms in total. The van der Waals surface area contributed by atoms with E-state index >= 15 is 0 Å². The van der Waals surface area contributed by atoms with Crippen LogP contribution in [0.1, 0.15) is 19.3 Å². The molecule has 0 unspecified atom stereocenters. The molecule has 20 heavy (non-hydrogen) atoms. The molecule has 3 N–H and O–H groups in total. The maximum Gasteiger partial charge on any atom is 0.222 e. The van der Waals surface area contributed by atoms with Gasteiger partial charge in [-0.3, -0.25) is 0 Å². The molecule has 5 heteroatoms. The minimum Gasteiger partial charge on any atom is -0.368 e. The zero-order valence-corrected chi connectivity index (χ0v) is 12.1. The smallest absolute Gasteiger partial charge is 0.222 e.